The quantitative estimate of drug-likeness (QED) is 0.783. The van der Waals surface area contributed by atoms with Gasteiger partial charge in [-0.3, -0.25) is 0 Å². The highest BCUT2D eigenvalue weighted by Crippen LogP contribution is 2.14. The first-order chi connectivity index (χ1) is 8.96. The average molecular weight is 283 g/mol. The topological polar surface area (TPSA) is 75.4 Å². The van der Waals surface area contributed by atoms with Gasteiger partial charge < -0.3 is 10.6 Å². The number of nitrogen functional groups attached to an aromatic ring is 1. The number of hydrogen-bond acceptors (Lipinski definition) is 4. The maximum absolute atomic E-state index is 12.0. The van der Waals surface area contributed by atoms with Crippen LogP contribution in [0.5, 0.6) is 0 Å². The summed E-state index contributed by atoms with van der Waals surface area (Å²) < 4.78 is 26.7. The van der Waals surface area contributed by atoms with E-state index in [0.717, 1.165) is 19.4 Å². The SMILES string of the molecule is CN1CCCC1CNS(=O)(=O)Cc1cccc(N)c1. The Morgan fingerprint density at radius 1 is 1.47 bits per heavy atom. The van der Waals surface area contributed by atoms with Crippen molar-refractivity contribution < 1.29 is 8.42 Å². The van der Waals surface area contributed by atoms with Crippen LogP contribution in [0.1, 0.15) is 18.4 Å². The molecule has 1 fully saturated rings. The van der Waals surface area contributed by atoms with E-state index in [4.69, 9.17) is 5.73 Å². The normalized spacial score (nSPS) is 20.8. The van der Waals surface area contributed by atoms with Gasteiger partial charge in [-0.25, -0.2) is 13.1 Å². The van der Waals surface area contributed by atoms with Gasteiger partial charge in [-0.1, -0.05) is 12.1 Å². The minimum absolute atomic E-state index is 0.0194. The Morgan fingerprint density at radius 2 is 2.26 bits per heavy atom. The number of benzene rings is 1. The molecular weight excluding hydrogens is 262 g/mol. The lowest BCUT2D eigenvalue weighted by atomic mass is 10.2. The first kappa shape index (κ1) is 14.3. The number of likely N-dealkylation sites (tertiary alicyclic amines) is 1. The molecule has 0 aromatic heterocycles. The summed E-state index contributed by atoms with van der Waals surface area (Å²) in [6, 6.07) is 7.30. The fourth-order valence-corrected chi connectivity index (χ4v) is 3.58. The first-order valence-corrected chi connectivity index (χ1v) is 8.13. The van der Waals surface area contributed by atoms with Crippen LogP contribution in [0, 0.1) is 0 Å². The Balaban J connectivity index is 1.91. The van der Waals surface area contributed by atoms with E-state index in [0.29, 0.717) is 23.8 Å². The molecule has 0 radical (unpaired) electrons. The third-order valence-electron chi connectivity index (χ3n) is 3.52. The van der Waals surface area contributed by atoms with Crippen molar-refractivity contribution in [2.45, 2.75) is 24.6 Å². The van der Waals surface area contributed by atoms with Crippen molar-refractivity contribution in [3.63, 3.8) is 0 Å². The second-order valence-electron chi connectivity index (χ2n) is 5.13. The van der Waals surface area contributed by atoms with Gasteiger partial charge in [-0.05, 0) is 44.1 Å². The predicted molar refractivity (Wildman–Crippen MR) is 77.1 cm³/mol. The standard InChI is InChI=1S/C13H21N3O2S/c1-16-7-3-6-13(16)9-15-19(17,18)10-11-4-2-5-12(14)8-11/h2,4-5,8,13,15H,3,6-7,9-10,14H2,1H3. The van der Waals surface area contributed by atoms with Crippen LogP contribution in [0.4, 0.5) is 5.69 Å². The Bertz CT molecular complexity index is 530. The van der Waals surface area contributed by atoms with Crippen molar-refractivity contribution in [3.05, 3.63) is 29.8 Å². The van der Waals surface area contributed by atoms with Gasteiger partial charge in [0.15, 0.2) is 0 Å². The zero-order valence-electron chi connectivity index (χ0n) is 11.2. The highest BCUT2D eigenvalue weighted by molar-refractivity contribution is 7.88. The van der Waals surface area contributed by atoms with Crippen molar-refractivity contribution in [3.8, 4) is 0 Å². The molecule has 1 saturated heterocycles. The third kappa shape index (κ3) is 4.19. The maximum atomic E-state index is 12.0. The summed E-state index contributed by atoms with van der Waals surface area (Å²) in [4.78, 5) is 2.20. The summed E-state index contributed by atoms with van der Waals surface area (Å²) in [6.07, 6.45) is 2.19. The summed E-state index contributed by atoms with van der Waals surface area (Å²) in [5.41, 5.74) is 6.95. The van der Waals surface area contributed by atoms with Gasteiger partial charge in [-0.2, -0.15) is 0 Å². The Hall–Kier alpha value is -1.11. The van der Waals surface area contributed by atoms with Crippen LogP contribution >= 0.6 is 0 Å². The summed E-state index contributed by atoms with van der Waals surface area (Å²) in [5.74, 6) is -0.0194. The van der Waals surface area contributed by atoms with E-state index in [2.05, 4.69) is 9.62 Å². The summed E-state index contributed by atoms with van der Waals surface area (Å²) >= 11 is 0. The van der Waals surface area contributed by atoms with Gasteiger partial charge in [-0.15, -0.1) is 0 Å². The molecule has 1 atom stereocenters. The molecule has 1 aromatic carbocycles. The fraction of sp³-hybridized carbons (Fsp3) is 0.538. The molecule has 1 unspecified atom stereocenters. The lowest BCUT2D eigenvalue weighted by molar-refractivity contribution is 0.311. The van der Waals surface area contributed by atoms with Gasteiger partial charge >= 0.3 is 0 Å². The van der Waals surface area contributed by atoms with Gasteiger partial charge in [0.05, 0.1) is 5.75 Å². The van der Waals surface area contributed by atoms with Crippen molar-refractivity contribution in [1.29, 1.82) is 0 Å². The lowest BCUT2D eigenvalue weighted by Crippen LogP contribution is -2.38. The molecular formula is C13H21N3O2S. The van der Waals surface area contributed by atoms with Crippen LogP contribution < -0.4 is 10.5 Å². The molecule has 3 N–H and O–H groups in total. The number of likely N-dealkylation sites (N-methyl/N-ethyl adjacent to an activating group) is 1. The summed E-state index contributed by atoms with van der Waals surface area (Å²) in [5, 5.41) is 0. The molecule has 1 heterocycles. The molecule has 1 aliphatic rings. The third-order valence-corrected chi connectivity index (χ3v) is 4.84. The van der Waals surface area contributed by atoms with E-state index in [1.54, 1.807) is 24.3 Å². The fourth-order valence-electron chi connectivity index (χ4n) is 2.41. The van der Waals surface area contributed by atoms with Gasteiger partial charge in [0.25, 0.3) is 0 Å². The van der Waals surface area contributed by atoms with Crippen LogP contribution in [-0.2, 0) is 15.8 Å². The number of hydrogen-bond donors (Lipinski definition) is 2. The molecule has 1 aromatic rings. The second kappa shape index (κ2) is 5.90. The van der Waals surface area contributed by atoms with E-state index in [1.165, 1.54) is 0 Å². The highest BCUT2D eigenvalue weighted by Gasteiger charge is 2.22. The largest absolute Gasteiger partial charge is 0.399 e. The molecule has 2 rings (SSSR count). The molecule has 6 heteroatoms. The number of rotatable bonds is 5. The zero-order valence-corrected chi connectivity index (χ0v) is 12.0. The highest BCUT2D eigenvalue weighted by atomic mass is 32.2. The molecule has 0 amide bonds. The van der Waals surface area contributed by atoms with Gasteiger partial charge in [0.1, 0.15) is 0 Å². The van der Waals surface area contributed by atoms with E-state index in [9.17, 15) is 8.42 Å². The molecule has 0 bridgehead atoms. The summed E-state index contributed by atoms with van der Waals surface area (Å²) in [7, 11) is -1.26. The average Bonchev–Trinajstić information content (AvgIpc) is 2.72. The molecule has 106 valence electrons. The van der Waals surface area contributed by atoms with Crippen LogP contribution in [0.25, 0.3) is 0 Å². The van der Waals surface area contributed by atoms with Crippen LogP contribution in [-0.4, -0.2) is 39.5 Å². The monoisotopic (exact) mass is 283 g/mol. The predicted octanol–water partition coefficient (Wildman–Crippen LogP) is 0.782. The van der Waals surface area contributed by atoms with E-state index < -0.39 is 10.0 Å². The van der Waals surface area contributed by atoms with Crippen LogP contribution in [0.3, 0.4) is 0 Å². The Morgan fingerprint density at radius 3 is 2.89 bits per heavy atom. The minimum Gasteiger partial charge on any atom is -0.399 e. The van der Waals surface area contributed by atoms with Gasteiger partial charge in [0, 0.05) is 18.3 Å². The number of nitrogens with two attached hydrogens (primary N) is 1. The van der Waals surface area contributed by atoms with E-state index in [1.807, 2.05) is 7.05 Å². The van der Waals surface area contributed by atoms with E-state index >= 15 is 0 Å². The van der Waals surface area contributed by atoms with Crippen LogP contribution in [0.15, 0.2) is 24.3 Å². The van der Waals surface area contributed by atoms with Gasteiger partial charge in [0.2, 0.25) is 10.0 Å². The molecule has 0 saturated carbocycles. The van der Waals surface area contributed by atoms with Crippen molar-refractivity contribution in [2.24, 2.45) is 0 Å². The van der Waals surface area contributed by atoms with E-state index in [-0.39, 0.29) is 5.75 Å². The number of anilines is 1. The summed E-state index contributed by atoms with van der Waals surface area (Å²) in [6.45, 7) is 1.53. The molecule has 5 nitrogen and oxygen atoms in total. The lowest BCUT2D eigenvalue weighted by Gasteiger charge is -2.19. The number of sulfonamides is 1. The number of nitrogens with one attached hydrogen (secondary N) is 1. The zero-order chi connectivity index (χ0) is 13.9. The number of nitrogens with zero attached hydrogens (tertiary/aromatic N) is 1. The van der Waals surface area contributed by atoms with Crippen molar-refractivity contribution in [1.82, 2.24) is 9.62 Å². The molecule has 19 heavy (non-hydrogen) atoms. The molecule has 0 spiro atoms. The first-order valence-electron chi connectivity index (χ1n) is 6.48. The smallest absolute Gasteiger partial charge is 0.215 e. The van der Waals surface area contributed by atoms with Crippen molar-refractivity contribution >= 4 is 15.7 Å². The second-order valence-corrected chi connectivity index (χ2v) is 6.94. The van der Waals surface area contributed by atoms with Crippen LogP contribution in [0.2, 0.25) is 0 Å². The maximum Gasteiger partial charge on any atom is 0.215 e. The molecule has 0 aliphatic carbocycles. The van der Waals surface area contributed by atoms with Crippen molar-refractivity contribution in [2.75, 3.05) is 25.9 Å². The molecule has 1 aliphatic heterocycles. The Kier molecular flexibility index (Phi) is 4.44. The Labute approximate surface area is 114 Å². The minimum atomic E-state index is -3.29.